The topological polar surface area (TPSA) is 70.2 Å². The maximum Gasteiger partial charge on any atom is 0.315 e. The van der Waals surface area contributed by atoms with Crippen LogP contribution in [0.4, 0.5) is 4.79 Å². The van der Waals surface area contributed by atoms with Gasteiger partial charge in [0.25, 0.3) is 0 Å². The van der Waals surface area contributed by atoms with Crippen molar-refractivity contribution in [1.29, 1.82) is 0 Å². The van der Waals surface area contributed by atoms with Crippen LogP contribution >= 0.6 is 0 Å². The Labute approximate surface area is 140 Å². The minimum atomic E-state index is -0.129. The molecule has 0 unspecified atom stereocenters. The molecule has 2 saturated carbocycles. The maximum atomic E-state index is 12.0. The predicted molar refractivity (Wildman–Crippen MR) is 92.3 cm³/mol. The first kappa shape index (κ1) is 18.1. The summed E-state index contributed by atoms with van der Waals surface area (Å²) in [7, 11) is 0. The normalized spacial score (nSPS) is 21.0. The zero-order valence-electron chi connectivity index (χ0n) is 14.4. The van der Waals surface area contributed by atoms with Crippen molar-refractivity contribution in [2.45, 2.75) is 95.6 Å². The smallest absolute Gasteiger partial charge is 0.315 e. The highest BCUT2D eigenvalue weighted by molar-refractivity contribution is 5.78. The number of hydrogen-bond acceptors (Lipinski definition) is 2. The molecular formula is C18H33N3O2. The van der Waals surface area contributed by atoms with Gasteiger partial charge in [0.05, 0.1) is 0 Å². The molecule has 23 heavy (non-hydrogen) atoms. The Morgan fingerprint density at radius 2 is 1.17 bits per heavy atom. The van der Waals surface area contributed by atoms with Gasteiger partial charge in [0, 0.05) is 25.0 Å². The number of carbonyl (C=O) groups excluding carboxylic acids is 2. The standard InChI is InChI=1S/C18H33N3O2/c22-17(20-15-9-5-2-1-3-6-10-15)13-14-19-18(23)21-16-11-7-4-8-12-16/h15-16H,1-14H2,(H,20,22)(H2,19,21,23). The van der Waals surface area contributed by atoms with Crippen molar-refractivity contribution >= 4 is 11.9 Å². The summed E-state index contributed by atoms with van der Waals surface area (Å²) in [6.45, 7) is 0.414. The Balaban J connectivity index is 1.55. The number of urea groups is 1. The Morgan fingerprint density at radius 1 is 0.696 bits per heavy atom. The summed E-state index contributed by atoms with van der Waals surface area (Å²) in [5.41, 5.74) is 0. The van der Waals surface area contributed by atoms with Crippen LogP contribution in [0, 0.1) is 0 Å². The highest BCUT2D eigenvalue weighted by Crippen LogP contribution is 2.18. The third-order valence-corrected chi connectivity index (χ3v) is 5.05. The van der Waals surface area contributed by atoms with Gasteiger partial charge in [-0.1, -0.05) is 51.4 Å². The van der Waals surface area contributed by atoms with E-state index in [-0.39, 0.29) is 11.9 Å². The third kappa shape index (κ3) is 7.71. The van der Waals surface area contributed by atoms with Gasteiger partial charge in [-0.05, 0) is 25.7 Å². The van der Waals surface area contributed by atoms with E-state index < -0.39 is 0 Å². The molecule has 0 aromatic carbocycles. The number of carbonyl (C=O) groups is 2. The van der Waals surface area contributed by atoms with Crippen molar-refractivity contribution in [3.05, 3.63) is 0 Å². The fourth-order valence-electron chi connectivity index (χ4n) is 3.67. The van der Waals surface area contributed by atoms with Gasteiger partial charge < -0.3 is 16.0 Å². The molecule has 132 valence electrons. The molecule has 3 N–H and O–H groups in total. The van der Waals surface area contributed by atoms with Crippen molar-refractivity contribution in [2.24, 2.45) is 0 Å². The van der Waals surface area contributed by atoms with Crippen molar-refractivity contribution in [3.63, 3.8) is 0 Å². The van der Waals surface area contributed by atoms with E-state index in [4.69, 9.17) is 0 Å². The maximum absolute atomic E-state index is 12.0. The molecule has 0 aliphatic heterocycles. The van der Waals surface area contributed by atoms with E-state index in [9.17, 15) is 9.59 Å². The van der Waals surface area contributed by atoms with Gasteiger partial charge in [-0.15, -0.1) is 0 Å². The molecule has 0 atom stereocenters. The molecule has 5 heteroatoms. The van der Waals surface area contributed by atoms with Gasteiger partial charge in [0.15, 0.2) is 0 Å². The summed E-state index contributed by atoms with van der Waals surface area (Å²) in [6.07, 6.45) is 14.7. The van der Waals surface area contributed by atoms with E-state index in [1.165, 1.54) is 51.4 Å². The first-order valence-corrected chi connectivity index (χ1v) is 9.58. The SMILES string of the molecule is O=C(CCNC(=O)NC1CCCCC1)NC1CCCCCCC1. The Bertz CT molecular complexity index is 359. The quantitative estimate of drug-likeness (QED) is 0.727. The molecule has 0 heterocycles. The lowest BCUT2D eigenvalue weighted by Gasteiger charge is -2.23. The van der Waals surface area contributed by atoms with Crippen molar-refractivity contribution < 1.29 is 9.59 Å². The fourth-order valence-corrected chi connectivity index (χ4v) is 3.67. The van der Waals surface area contributed by atoms with Crippen molar-refractivity contribution in [1.82, 2.24) is 16.0 Å². The summed E-state index contributed by atoms with van der Waals surface area (Å²) in [5, 5.41) is 8.95. The monoisotopic (exact) mass is 323 g/mol. The summed E-state index contributed by atoms with van der Waals surface area (Å²) in [6, 6.07) is 0.516. The first-order valence-electron chi connectivity index (χ1n) is 9.58. The molecule has 2 fully saturated rings. The second-order valence-electron chi connectivity index (χ2n) is 7.09. The summed E-state index contributed by atoms with van der Waals surface area (Å²) in [5.74, 6) is 0.0635. The van der Waals surface area contributed by atoms with Gasteiger partial charge in [-0.2, -0.15) is 0 Å². The van der Waals surface area contributed by atoms with E-state index in [1.54, 1.807) is 0 Å². The van der Waals surface area contributed by atoms with Crippen LogP contribution < -0.4 is 16.0 Å². The molecule has 2 rings (SSSR count). The number of nitrogens with one attached hydrogen (secondary N) is 3. The van der Waals surface area contributed by atoms with Crippen LogP contribution in [0.25, 0.3) is 0 Å². The Kier molecular flexibility index (Phi) is 8.26. The van der Waals surface area contributed by atoms with Crippen molar-refractivity contribution in [2.75, 3.05) is 6.54 Å². The summed E-state index contributed by atoms with van der Waals surface area (Å²) < 4.78 is 0. The summed E-state index contributed by atoms with van der Waals surface area (Å²) >= 11 is 0. The number of hydrogen-bond donors (Lipinski definition) is 3. The largest absolute Gasteiger partial charge is 0.353 e. The molecule has 0 bridgehead atoms. The van der Waals surface area contributed by atoms with Gasteiger partial charge in [-0.25, -0.2) is 4.79 Å². The minimum absolute atomic E-state index is 0.0635. The molecule has 0 aromatic rings. The first-order chi connectivity index (χ1) is 11.2. The van der Waals surface area contributed by atoms with Gasteiger partial charge >= 0.3 is 6.03 Å². The fraction of sp³-hybridized carbons (Fsp3) is 0.889. The lowest BCUT2D eigenvalue weighted by molar-refractivity contribution is -0.121. The van der Waals surface area contributed by atoms with E-state index in [1.807, 2.05) is 0 Å². The van der Waals surface area contributed by atoms with E-state index in [0.29, 0.717) is 25.0 Å². The van der Waals surface area contributed by atoms with Crippen LogP contribution in [0.5, 0.6) is 0 Å². The van der Waals surface area contributed by atoms with Crippen molar-refractivity contribution in [3.8, 4) is 0 Å². The second-order valence-corrected chi connectivity index (χ2v) is 7.09. The highest BCUT2D eigenvalue weighted by atomic mass is 16.2. The van der Waals surface area contributed by atoms with Crippen LogP contribution in [0.1, 0.15) is 83.5 Å². The molecule has 0 aromatic heterocycles. The minimum Gasteiger partial charge on any atom is -0.353 e. The Morgan fingerprint density at radius 3 is 1.78 bits per heavy atom. The van der Waals surface area contributed by atoms with Gasteiger partial charge in [-0.3, -0.25) is 4.79 Å². The van der Waals surface area contributed by atoms with Crippen LogP contribution in [0.15, 0.2) is 0 Å². The lowest BCUT2D eigenvalue weighted by Crippen LogP contribution is -2.44. The second kappa shape index (κ2) is 10.5. The van der Waals surface area contributed by atoms with E-state index in [2.05, 4.69) is 16.0 Å². The molecule has 2 aliphatic rings. The third-order valence-electron chi connectivity index (χ3n) is 5.05. The van der Waals surface area contributed by atoms with E-state index in [0.717, 1.165) is 25.7 Å². The number of amides is 3. The molecule has 2 aliphatic carbocycles. The van der Waals surface area contributed by atoms with Crippen LogP contribution in [0.3, 0.4) is 0 Å². The molecule has 5 nitrogen and oxygen atoms in total. The lowest BCUT2D eigenvalue weighted by atomic mass is 9.96. The van der Waals surface area contributed by atoms with Crippen LogP contribution in [0.2, 0.25) is 0 Å². The average Bonchev–Trinajstić information content (AvgIpc) is 2.51. The molecular weight excluding hydrogens is 290 g/mol. The van der Waals surface area contributed by atoms with Crippen LogP contribution in [-0.2, 0) is 4.79 Å². The molecule has 0 saturated heterocycles. The highest BCUT2D eigenvalue weighted by Gasteiger charge is 2.16. The predicted octanol–water partition coefficient (Wildman–Crippen LogP) is 3.24. The summed E-state index contributed by atoms with van der Waals surface area (Å²) in [4.78, 5) is 23.8. The molecule has 3 amide bonds. The number of rotatable bonds is 5. The molecule has 0 radical (unpaired) electrons. The van der Waals surface area contributed by atoms with Crippen LogP contribution in [-0.4, -0.2) is 30.6 Å². The zero-order valence-corrected chi connectivity index (χ0v) is 14.4. The zero-order chi connectivity index (χ0) is 16.3. The molecule has 0 spiro atoms. The average molecular weight is 323 g/mol. The Hall–Kier alpha value is -1.26. The van der Waals surface area contributed by atoms with E-state index >= 15 is 0 Å². The van der Waals surface area contributed by atoms with Gasteiger partial charge in [0.2, 0.25) is 5.91 Å². The van der Waals surface area contributed by atoms with Gasteiger partial charge in [0.1, 0.15) is 0 Å².